The number of aromatic nitrogens is 2. The molecule has 0 amide bonds. The minimum Gasteiger partial charge on any atom is -0.496 e. The molecule has 0 spiro atoms. The van der Waals surface area contributed by atoms with Crippen molar-refractivity contribution in [1.29, 1.82) is 0 Å². The molecule has 0 bridgehead atoms. The maximum atomic E-state index is 13.4. The van der Waals surface area contributed by atoms with Crippen LogP contribution in [-0.4, -0.2) is 16.7 Å². The van der Waals surface area contributed by atoms with Crippen molar-refractivity contribution in [3.63, 3.8) is 0 Å². The Labute approximate surface area is 115 Å². The van der Waals surface area contributed by atoms with E-state index in [9.17, 15) is 4.39 Å². The molecule has 1 heterocycles. The molecule has 0 saturated carbocycles. The highest BCUT2D eigenvalue weighted by atomic mass is 32.1. The van der Waals surface area contributed by atoms with E-state index in [1.807, 2.05) is 13.8 Å². The maximum Gasteiger partial charge on any atom is 0.124 e. The number of methoxy groups -OCH3 is 1. The lowest BCUT2D eigenvalue weighted by Crippen LogP contribution is -2.14. The van der Waals surface area contributed by atoms with Gasteiger partial charge in [0.1, 0.15) is 11.6 Å². The molecular weight excluding hydrogens is 265 g/mol. The maximum absolute atomic E-state index is 13.4. The van der Waals surface area contributed by atoms with Crippen LogP contribution in [-0.2, 0) is 0 Å². The van der Waals surface area contributed by atoms with E-state index < -0.39 is 6.04 Å². The van der Waals surface area contributed by atoms with Crippen molar-refractivity contribution in [2.24, 2.45) is 5.73 Å². The largest absolute Gasteiger partial charge is 0.496 e. The summed E-state index contributed by atoms with van der Waals surface area (Å²) in [4.78, 5) is 0.846. The lowest BCUT2D eigenvalue weighted by Gasteiger charge is -2.16. The highest BCUT2D eigenvalue weighted by Crippen LogP contribution is 2.33. The summed E-state index contributed by atoms with van der Waals surface area (Å²) in [7, 11) is 1.54. The Kier molecular flexibility index (Phi) is 4.11. The van der Waals surface area contributed by atoms with Gasteiger partial charge < -0.3 is 10.5 Å². The summed E-state index contributed by atoms with van der Waals surface area (Å²) in [5.74, 6) is 0.450. The van der Waals surface area contributed by atoms with Gasteiger partial charge in [-0.1, -0.05) is 18.3 Å². The lowest BCUT2D eigenvalue weighted by atomic mass is 10.00. The number of hydrogen-bond donors (Lipinski definition) is 1. The van der Waals surface area contributed by atoms with Crippen LogP contribution in [0.3, 0.4) is 0 Å². The predicted octanol–water partition coefficient (Wildman–Crippen LogP) is 2.86. The van der Waals surface area contributed by atoms with Gasteiger partial charge in [0.15, 0.2) is 0 Å². The molecule has 2 N–H and O–H groups in total. The zero-order valence-electron chi connectivity index (χ0n) is 11.1. The van der Waals surface area contributed by atoms with E-state index in [0.717, 1.165) is 10.6 Å². The fraction of sp³-hybridized carbons (Fsp3) is 0.385. The van der Waals surface area contributed by atoms with Gasteiger partial charge in [-0.3, -0.25) is 0 Å². The molecule has 2 rings (SSSR count). The van der Waals surface area contributed by atoms with Crippen LogP contribution in [0.4, 0.5) is 4.39 Å². The average molecular weight is 281 g/mol. The van der Waals surface area contributed by atoms with Crippen molar-refractivity contribution in [2.45, 2.75) is 25.8 Å². The highest BCUT2D eigenvalue weighted by molar-refractivity contribution is 7.05. The molecule has 1 aromatic carbocycles. The number of rotatable bonds is 4. The monoisotopic (exact) mass is 281 g/mol. The van der Waals surface area contributed by atoms with Gasteiger partial charge in [-0.25, -0.2) is 4.39 Å². The molecule has 1 unspecified atom stereocenters. The summed E-state index contributed by atoms with van der Waals surface area (Å²) in [6.07, 6.45) is 0. The normalized spacial score (nSPS) is 12.7. The van der Waals surface area contributed by atoms with Gasteiger partial charge in [0.25, 0.3) is 0 Å². The molecule has 2 aromatic rings. The van der Waals surface area contributed by atoms with Crippen LogP contribution in [0, 0.1) is 5.82 Å². The molecule has 19 heavy (non-hydrogen) atoms. The third-order valence-electron chi connectivity index (χ3n) is 2.90. The minimum absolute atomic E-state index is 0.222. The van der Waals surface area contributed by atoms with Gasteiger partial charge in [0, 0.05) is 5.56 Å². The second-order valence-corrected chi connectivity index (χ2v) is 5.33. The molecular formula is C13H16FN3OS. The minimum atomic E-state index is -0.483. The highest BCUT2D eigenvalue weighted by Gasteiger charge is 2.22. The van der Waals surface area contributed by atoms with Crippen molar-refractivity contribution in [3.05, 3.63) is 40.2 Å². The molecule has 1 atom stereocenters. The number of benzene rings is 1. The Balaban J connectivity index is 2.46. The number of nitrogens with zero attached hydrogens (tertiary/aromatic N) is 2. The van der Waals surface area contributed by atoms with Gasteiger partial charge in [-0.05, 0) is 35.6 Å². The summed E-state index contributed by atoms with van der Waals surface area (Å²) in [6, 6.07) is 3.84. The van der Waals surface area contributed by atoms with Crippen molar-refractivity contribution >= 4 is 11.5 Å². The van der Waals surface area contributed by atoms with Crippen molar-refractivity contribution in [1.82, 2.24) is 9.59 Å². The van der Waals surface area contributed by atoms with E-state index in [4.69, 9.17) is 10.5 Å². The second kappa shape index (κ2) is 5.63. The average Bonchev–Trinajstić information content (AvgIpc) is 2.87. The Morgan fingerprint density at radius 1 is 1.37 bits per heavy atom. The first-order chi connectivity index (χ1) is 9.04. The molecule has 6 heteroatoms. The summed E-state index contributed by atoms with van der Waals surface area (Å²) >= 11 is 1.24. The van der Waals surface area contributed by atoms with E-state index in [2.05, 4.69) is 9.59 Å². The van der Waals surface area contributed by atoms with Crippen LogP contribution in [0.1, 0.15) is 41.9 Å². The van der Waals surface area contributed by atoms with Crippen LogP contribution >= 0.6 is 11.5 Å². The molecule has 0 aliphatic heterocycles. The molecule has 0 aliphatic rings. The Morgan fingerprint density at radius 2 is 2.11 bits per heavy atom. The zero-order chi connectivity index (χ0) is 14.0. The van der Waals surface area contributed by atoms with Gasteiger partial charge in [-0.15, -0.1) is 5.10 Å². The second-order valence-electron chi connectivity index (χ2n) is 4.54. The molecule has 4 nitrogen and oxygen atoms in total. The smallest absolute Gasteiger partial charge is 0.124 e. The van der Waals surface area contributed by atoms with Crippen LogP contribution in [0.2, 0.25) is 0 Å². The van der Waals surface area contributed by atoms with E-state index in [-0.39, 0.29) is 11.7 Å². The predicted molar refractivity (Wildman–Crippen MR) is 73.0 cm³/mol. The number of halogens is 1. The van der Waals surface area contributed by atoms with Gasteiger partial charge in [-0.2, -0.15) is 0 Å². The van der Waals surface area contributed by atoms with E-state index in [1.54, 1.807) is 6.07 Å². The molecule has 1 aromatic heterocycles. The summed E-state index contributed by atoms with van der Waals surface area (Å²) < 4.78 is 22.6. The van der Waals surface area contributed by atoms with Crippen molar-refractivity contribution < 1.29 is 9.13 Å². The molecule has 0 fully saturated rings. The zero-order valence-corrected chi connectivity index (χ0v) is 11.9. The third kappa shape index (κ3) is 2.74. The SMILES string of the molecule is COc1ccc(F)cc1C(N)c1snnc1C(C)C. The third-order valence-corrected chi connectivity index (χ3v) is 3.72. The van der Waals surface area contributed by atoms with Crippen LogP contribution in [0.15, 0.2) is 18.2 Å². The summed E-state index contributed by atoms with van der Waals surface area (Å²) in [5, 5.41) is 4.09. The summed E-state index contributed by atoms with van der Waals surface area (Å²) in [6.45, 7) is 4.05. The Hall–Kier alpha value is -1.53. The van der Waals surface area contributed by atoms with Crippen molar-refractivity contribution in [3.8, 4) is 5.75 Å². The van der Waals surface area contributed by atoms with Crippen LogP contribution in [0.25, 0.3) is 0 Å². The van der Waals surface area contributed by atoms with Crippen molar-refractivity contribution in [2.75, 3.05) is 7.11 Å². The van der Waals surface area contributed by atoms with Crippen LogP contribution < -0.4 is 10.5 Å². The van der Waals surface area contributed by atoms with Crippen LogP contribution in [0.5, 0.6) is 5.75 Å². The fourth-order valence-electron chi connectivity index (χ4n) is 1.91. The molecule has 0 saturated heterocycles. The molecule has 0 aliphatic carbocycles. The number of ether oxygens (including phenoxy) is 1. The van der Waals surface area contributed by atoms with E-state index in [1.165, 1.54) is 30.8 Å². The first-order valence-electron chi connectivity index (χ1n) is 5.95. The standard InChI is InChI=1S/C13H16FN3OS/c1-7(2)12-13(19-17-16-12)11(15)9-6-8(14)4-5-10(9)18-3/h4-7,11H,15H2,1-3H3. The van der Waals surface area contributed by atoms with Gasteiger partial charge in [0.05, 0.1) is 23.7 Å². The topological polar surface area (TPSA) is 61.0 Å². The van der Waals surface area contributed by atoms with Gasteiger partial charge >= 0.3 is 0 Å². The molecule has 0 radical (unpaired) electrons. The quantitative estimate of drug-likeness (QED) is 0.936. The molecule has 102 valence electrons. The Morgan fingerprint density at radius 3 is 2.74 bits per heavy atom. The lowest BCUT2D eigenvalue weighted by molar-refractivity contribution is 0.406. The fourth-order valence-corrected chi connectivity index (χ4v) is 2.74. The first kappa shape index (κ1) is 13.9. The Bertz CT molecular complexity index is 571. The number of hydrogen-bond acceptors (Lipinski definition) is 5. The van der Waals surface area contributed by atoms with Gasteiger partial charge in [0.2, 0.25) is 0 Å². The summed E-state index contributed by atoms with van der Waals surface area (Å²) in [5.41, 5.74) is 7.69. The number of nitrogens with two attached hydrogens (primary N) is 1. The first-order valence-corrected chi connectivity index (χ1v) is 6.73. The van der Waals surface area contributed by atoms with E-state index >= 15 is 0 Å². The van der Waals surface area contributed by atoms with E-state index in [0.29, 0.717) is 11.3 Å².